The molecular formula is C15H27N3. The summed E-state index contributed by atoms with van der Waals surface area (Å²) < 4.78 is 2.12. The summed E-state index contributed by atoms with van der Waals surface area (Å²) in [7, 11) is 0. The van der Waals surface area contributed by atoms with E-state index in [2.05, 4.69) is 55.4 Å². The van der Waals surface area contributed by atoms with Crippen LogP contribution < -0.4 is 5.32 Å². The van der Waals surface area contributed by atoms with Crippen LogP contribution in [0.4, 0.5) is 0 Å². The summed E-state index contributed by atoms with van der Waals surface area (Å²) in [6.07, 6.45) is 3.12. The van der Waals surface area contributed by atoms with Crippen LogP contribution in [-0.2, 0) is 13.0 Å². The van der Waals surface area contributed by atoms with Crippen LogP contribution in [0, 0.1) is 0 Å². The minimum Gasteiger partial charge on any atom is -0.308 e. The van der Waals surface area contributed by atoms with E-state index in [1.54, 1.807) is 0 Å². The minimum absolute atomic E-state index is 0.343. The Bertz CT molecular complexity index is 379. The molecule has 0 saturated carbocycles. The van der Waals surface area contributed by atoms with Crippen molar-refractivity contribution in [3.05, 3.63) is 29.6 Å². The summed E-state index contributed by atoms with van der Waals surface area (Å²) in [6.45, 7) is 14.6. The van der Waals surface area contributed by atoms with Crippen molar-refractivity contribution in [1.29, 1.82) is 0 Å². The number of hydrogen-bond acceptors (Lipinski definition) is 2. The van der Waals surface area contributed by atoms with Gasteiger partial charge in [0, 0.05) is 6.54 Å². The van der Waals surface area contributed by atoms with Gasteiger partial charge in [0.2, 0.25) is 0 Å². The summed E-state index contributed by atoms with van der Waals surface area (Å²) in [5.74, 6) is 0. The van der Waals surface area contributed by atoms with E-state index >= 15 is 0 Å². The van der Waals surface area contributed by atoms with E-state index in [4.69, 9.17) is 0 Å². The number of aromatic nitrogens is 2. The molecule has 0 aliphatic heterocycles. The second kappa shape index (κ2) is 7.37. The Labute approximate surface area is 111 Å². The van der Waals surface area contributed by atoms with Gasteiger partial charge in [0.15, 0.2) is 0 Å². The van der Waals surface area contributed by atoms with E-state index in [9.17, 15) is 0 Å². The van der Waals surface area contributed by atoms with Gasteiger partial charge < -0.3 is 5.32 Å². The second-order valence-corrected chi connectivity index (χ2v) is 4.90. The van der Waals surface area contributed by atoms with Crippen LogP contribution in [0.5, 0.6) is 0 Å². The summed E-state index contributed by atoms with van der Waals surface area (Å²) in [5, 5.41) is 8.24. The van der Waals surface area contributed by atoms with E-state index < -0.39 is 0 Å². The quantitative estimate of drug-likeness (QED) is 0.715. The second-order valence-electron chi connectivity index (χ2n) is 4.90. The lowest BCUT2D eigenvalue weighted by Crippen LogP contribution is -2.25. The van der Waals surface area contributed by atoms with Crippen molar-refractivity contribution in [3.8, 4) is 0 Å². The normalized spacial score (nSPS) is 12.7. The lowest BCUT2D eigenvalue weighted by molar-refractivity contribution is 0.477. The van der Waals surface area contributed by atoms with Gasteiger partial charge in [-0.05, 0) is 45.7 Å². The van der Waals surface area contributed by atoms with Crippen LogP contribution in [0.1, 0.15) is 58.0 Å². The molecule has 1 heterocycles. The molecule has 18 heavy (non-hydrogen) atoms. The molecule has 0 radical (unpaired) electrons. The molecule has 1 unspecified atom stereocenters. The molecule has 0 aliphatic carbocycles. The fourth-order valence-corrected chi connectivity index (χ4v) is 2.14. The van der Waals surface area contributed by atoms with E-state index in [-0.39, 0.29) is 0 Å². The maximum absolute atomic E-state index is 4.63. The standard InChI is InChI=1S/C15H27N3/c1-6-9-16-14(10-12(4)5)15-11-13(7-2)17-18(15)8-3/h11,14,16H,4,6-10H2,1-3,5H3. The monoisotopic (exact) mass is 249 g/mol. The van der Waals surface area contributed by atoms with Gasteiger partial charge in [-0.25, -0.2) is 0 Å². The number of nitrogens with one attached hydrogen (secondary N) is 1. The largest absolute Gasteiger partial charge is 0.308 e. The van der Waals surface area contributed by atoms with Crippen LogP contribution >= 0.6 is 0 Å². The molecule has 3 nitrogen and oxygen atoms in total. The van der Waals surface area contributed by atoms with Gasteiger partial charge in [0.05, 0.1) is 17.4 Å². The zero-order valence-corrected chi connectivity index (χ0v) is 12.3. The predicted molar refractivity (Wildman–Crippen MR) is 77.7 cm³/mol. The van der Waals surface area contributed by atoms with Crippen molar-refractivity contribution in [2.45, 2.75) is 59.5 Å². The topological polar surface area (TPSA) is 29.9 Å². The van der Waals surface area contributed by atoms with Gasteiger partial charge in [-0.1, -0.05) is 19.4 Å². The highest BCUT2D eigenvalue weighted by Gasteiger charge is 2.16. The summed E-state index contributed by atoms with van der Waals surface area (Å²) in [5.41, 5.74) is 3.69. The van der Waals surface area contributed by atoms with Crippen molar-refractivity contribution in [2.24, 2.45) is 0 Å². The fraction of sp³-hybridized carbons (Fsp3) is 0.667. The molecule has 102 valence electrons. The van der Waals surface area contributed by atoms with Gasteiger partial charge >= 0.3 is 0 Å². The number of nitrogens with zero attached hydrogens (tertiary/aromatic N) is 2. The molecular weight excluding hydrogens is 222 g/mol. The Morgan fingerprint density at radius 1 is 1.44 bits per heavy atom. The van der Waals surface area contributed by atoms with Gasteiger partial charge in [0.25, 0.3) is 0 Å². The zero-order chi connectivity index (χ0) is 13.5. The lowest BCUT2D eigenvalue weighted by atomic mass is 10.0. The smallest absolute Gasteiger partial charge is 0.0625 e. The Balaban J connectivity index is 2.94. The number of hydrogen-bond donors (Lipinski definition) is 1. The average molecular weight is 249 g/mol. The lowest BCUT2D eigenvalue weighted by Gasteiger charge is -2.19. The van der Waals surface area contributed by atoms with Crippen molar-refractivity contribution < 1.29 is 0 Å². The number of aryl methyl sites for hydroxylation is 2. The first kappa shape index (κ1) is 15.0. The molecule has 1 atom stereocenters. The van der Waals surface area contributed by atoms with Crippen molar-refractivity contribution >= 4 is 0 Å². The van der Waals surface area contributed by atoms with Crippen LogP contribution in [0.2, 0.25) is 0 Å². The van der Waals surface area contributed by atoms with E-state index in [0.717, 1.165) is 32.4 Å². The van der Waals surface area contributed by atoms with Crippen molar-refractivity contribution in [2.75, 3.05) is 6.54 Å². The number of rotatable bonds is 8. The zero-order valence-electron chi connectivity index (χ0n) is 12.3. The van der Waals surface area contributed by atoms with Crippen LogP contribution in [0.15, 0.2) is 18.2 Å². The molecule has 0 saturated heterocycles. The molecule has 0 fully saturated rings. The van der Waals surface area contributed by atoms with Gasteiger partial charge in [0.1, 0.15) is 0 Å². The Kier molecular flexibility index (Phi) is 6.13. The first-order chi connectivity index (χ1) is 8.62. The Morgan fingerprint density at radius 3 is 2.67 bits per heavy atom. The Morgan fingerprint density at radius 2 is 2.17 bits per heavy atom. The third kappa shape index (κ3) is 3.98. The Hall–Kier alpha value is -1.09. The van der Waals surface area contributed by atoms with Crippen LogP contribution in [-0.4, -0.2) is 16.3 Å². The third-order valence-electron chi connectivity index (χ3n) is 3.07. The SMILES string of the molecule is C=C(C)CC(NCCC)c1cc(CC)nn1CC. The average Bonchev–Trinajstić information content (AvgIpc) is 2.77. The summed E-state index contributed by atoms with van der Waals surface area (Å²) in [4.78, 5) is 0. The molecule has 0 aliphatic rings. The van der Waals surface area contributed by atoms with Crippen LogP contribution in [0.3, 0.4) is 0 Å². The van der Waals surface area contributed by atoms with E-state index in [1.165, 1.54) is 17.0 Å². The fourth-order valence-electron chi connectivity index (χ4n) is 2.14. The minimum atomic E-state index is 0.343. The first-order valence-corrected chi connectivity index (χ1v) is 7.06. The summed E-state index contributed by atoms with van der Waals surface area (Å²) >= 11 is 0. The molecule has 0 bridgehead atoms. The van der Waals surface area contributed by atoms with Crippen LogP contribution in [0.25, 0.3) is 0 Å². The molecule has 0 spiro atoms. The highest BCUT2D eigenvalue weighted by molar-refractivity contribution is 5.16. The highest BCUT2D eigenvalue weighted by Crippen LogP contribution is 2.21. The van der Waals surface area contributed by atoms with E-state index in [0.29, 0.717) is 6.04 Å². The van der Waals surface area contributed by atoms with E-state index in [1.807, 2.05) is 0 Å². The van der Waals surface area contributed by atoms with Gasteiger partial charge in [-0.15, -0.1) is 6.58 Å². The molecule has 0 aromatic carbocycles. The first-order valence-electron chi connectivity index (χ1n) is 7.06. The maximum Gasteiger partial charge on any atom is 0.0625 e. The predicted octanol–water partition coefficient (Wildman–Crippen LogP) is 3.47. The van der Waals surface area contributed by atoms with Gasteiger partial charge in [-0.2, -0.15) is 5.10 Å². The van der Waals surface area contributed by atoms with Crippen molar-refractivity contribution in [1.82, 2.24) is 15.1 Å². The molecule has 1 aromatic rings. The third-order valence-corrected chi connectivity index (χ3v) is 3.07. The van der Waals surface area contributed by atoms with Crippen molar-refractivity contribution in [3.63, 3.8) is 0 Å². The van der Waals surface area contributed by atoms with Gasteiger partial charge in [-0.3, -0.25) is 4.68 Å². The maximum atomic E-state index is 4.63. The molecule has 1 aromatic heterocycles. The molecule has 3 heteroatoms. The molecule has 0 amide bonds. The molecule has 1 rings (SSSR count). The highest BCUT2D eigenvalue weighted by atomic mass is 15.3. The molecule has 1 N–H and O–H groups in total. The summed E-state index contributed by atoms with van der Waals surface area (Å²) in [6, 6.07) is 2.58.